The van der Waals surface area contributed by atoms with Crippen LogP contribution in [-0.2, 0) is 32.1 Å². The van der Waals surface area contributed by atoms with Gasteiger partial charge in [0.25, 0.3) is 11.6 Å². The maximum atomic E-state index is 13.4. The predicted molar refractivity (Wildman–Crippen MR) is 113 cm³/mol. The zero-order chi connectivity index (χ0) is 23.4. The van der Waals surface area contributed by atoms with Crippen LogP contribution in [0.4, 0.5) is 4.39 Å². The highest BCUT2D eigenvalue weighted by atomic mass is 19.1. The molecule has 0 bridgehead atoms. The molecule has 4 rings (SSSR count). The Kier molecular flexibility index (Phi) is 6.19. The van der Waals surface area contributed by atoms with E-state index in [-0.39, 0.29) is 18.2 Å². The van der Waals surface area contributed by atoms with Crippen molar-refractivity contribution >= 4 is 17.5 Å². The molecule has 0 radical (unpaired) electrons. The normalized spacial score (nSPS) is 17.8. The minimum absolute atomic E-state index is 0.101. The van der Waals surface area contributed by atoms with E-state index >= 15 is 0 Å². The van der Waals surface area contributed by atoms with Gasteiger partial charge in [0.05, 0.1) is 13.0 Å². The van der Waals surface area contributed by atoms with Gasteiger partial charge in [0, 0.05) is 12.5 Å². The predicted octanol–water partition coefficient (Wildman–Crippen LogP) is 4.06. The van der Waals surface area contributed by atoms with E-state index in [0.717, 1.165) is 11.6 Å². The van der Waals surface area contributed by atoms with Gasteiger partial charge in [0.15, 0.2) is 11.5 Å². The van der Waals surface area contributed by atoms with E-state index in [1.807, 2.05) is 6.07 Å². The number of furan rings is 1. The number of ether oxygens (including phenoxy) is 2. The van der Waals surface area contributed by atoms with Gasteiger partial charge in [-0.2, -0.15) is 0 Å². The summed E-state index contributed by atoms with van der Waals surface area (Å²) in [7, 11) is 0. The second kappa shape index (κ2) is 9.22. The number of carboxylic acids is 1. The van der Waals surface area contributed by atoms with Crippen LogP contribution in [0.15, 0.2) is 83.0 Å². The van der Waals surface area contributed by atoms with E-state index in [4.69, 9.17) is 13.9 Å². The van der Waals surface area contributed by atoms with Crippen molar-refractivity contribution in [3.63, 3.8) is 0 Å². The first kappa shape index (κ1) is 22.2. The Labute approximate surface area is 188 Å². The largest absolute Gasteiger partial charge is 0.475 e. The van der Waals surface area contributed by atoms with Crippen LogP contribution in [-0.4, -0.2) is 28.4 Å². The molecule has 2 aromatic carbocycles. The Morgan fingerprint density at radius 1 is 1.00 bits per heavy atom. The van der Waals surface area contributed by atoms with Gasteiger partial charge >= 0.3 is 5.97 Å². The molecule has 1 aliphatic heterocycles. The first-order valence-electron chi connectivity index (χ1n) is 10.1. The van der Waals surface area contributed by atoms with E-state index in [2.05, 4.69) is 0 Å². The average Bonchev–Trinajstić information content (AvgIpc) is 3.27. The molecule has 1 atom stereocenters. The average molecular weight is 450 g/mol. The highest BCUT2D eigenvalue weighted by Crippen LogP contribution is 2.33. The Hall–Kier alpha value is -4.04. The van der Waals surface area contributed by atoms with Crippen molar-refractivity contribution in [3.05, 3.63) is 107 Å². The molecule has 168 valence electrons. The zero-order valence-corrected chi connectivity index (χ0v) is 17.3. The van der Waals surface area contributed by atoms with Gasteiger partial charge in [0.1, 0.15) is 11.6 Å². The number of benzene rings is 2. The third kappa shape index (κ3) is 5.07. The molecule has 33 heavy (non-hydrogen) atoms. The van der Waals surface area contributed by atoms with Crippen molar-refractivity contribution in [3.8, 4) is 0 Å². The van der Waals surface area contributed by atoms with Crippen LogP contribution in [0.2, 0.25) is 0 Å². The molecule has 1 unspecified atom stereocenters. The Morgan fingerprint density at radius 2 is 1.73 bits per heavy atom. The summed E-state index contributed by atoms with van der Waals surface area (Å²) in [5.74, 6) is -5.93. The molecule has 8 heteroatoms. The number of Topliss-reactive ketones (excluding diaryl/α,β-unsaturated/α-hetero) is 1. The lowest BCUT2D eigenvalue weighted by Gasteiger charge is -2.33. The number of allylic oxidation sites excluding steroid dienone is 1. The Balaban J connectivity index is 1.61. The highest BCUT2D eigenvalue weighted by molar-refractivity contribution is 6.07. The third-order valence-electron chi connectivity index (χ3n) is 5.02. The number of halogens is 1. The van der Waals surface area contributed by atoms with Crippen molar-refractivity contribution in [2.24, 2.45) is 0 Å². The van der Waals surface area contributed by atoms with Gasteiger partial charge in [0.2, 0.25) is 5.76 Å². The highest BCUT2D eigenvalue weighted by Gasteiger charge is 2.50. The number of ketones is 2. The molecule has 1 N–H and O–H groups in total. The van der Waals surface area contributed by atoms with Gasteiger partial charge in [-0.3, -0.25) is 9.59 Å². The summed E-state index contributed by atoms with van der Waals surface area (Å²) in [5.41, 5.74) is 1.46. The third-order valence-corrected chi connectivity index (χ3v) is 5.02. The lowest BCUT2D eigenvalue weighted by Crippen LogP contribution is -2.48. The lowest BCUT2D eigenvalue weighted by molar-refractivity contribution is -0.201. The van der Waals surface area contributed by atoms with Crippen molar-refractivity contribution in [2.75, 3.05) is 0 Å². The second-order valence-electron chi connectivity index (χ2n) is 7.48. The van der Waals surface area contributed by atoms with E-state index in [1.54, 1.807) is 42.5 Å². The standard InChI is InChI=1S/C25H19FO7/c26-18-8-6-16(7-9-18)12-20-10-11-21(32-20)23(28)25(31-15-17-4-2-1-3-5-17)14-19(27)13-22(33-25)24(29)30/h1-11,13H,12,14-15H2,(H,29,30). The van der Waals surface area contributed by atoms with Crippen LogP contribution < -0.4 is 0 Å². The summed E-state index contributed by atoms with van der Waals surface area (Å²) < 4.78 is 30.0. The van der Waals surface area contributed by atoms with Gasteiger partial charge < -0.3 is 19.0 Å². The number of carboxylic acid groups (broad SMARTS) is 1. The second-order valence-corrected chi connectivity index (χ2v) is 7.48. The monoisotopic (exact) mass is 450 g/mol. The Bertz CT molecular complexity index is 1210. The van der Waals surface area contributed by atoms with Crippen LogP contribution in [0.1, 0.15) is 33.9 Å². The Morgan fingerprint density at radius 3 is 2.42 bits per heavy atom. The fraction of sp³-hybridized carbons (Fsp3) is 0.160. The molecular weight excluding hydrogens is 431 g/mol. The van der Waals surface area contributed by atoms with Gasteiger partial charge in [-0.05, 0) is 35.4 Å². The van der Waals surface area contributed by atoms with E-state index in [1.165, 1.54) is 18.2 Å². The summed E-state index contributed by atoms with van der Waals surface area (Å²) in [5, 5.41) is 9.35. The van der Waals surface area contributed by atoms with Crippen LogP contribution in [0, 0.1) is 5.82 Å². The topological polar surface area (TPSA) is 103 Å². The fourth-order valence-electron chi connectivity index (χ4n) is 3.41. The minimum atomic E-state index is -2.19. The van der Waals surface area contributed by atoms with Crippen LogP contribution in [0.25, 0.3) is 0 Å². The van der Waals surface area contributed by atoms with Crippen molar-refractivity contribution < 1.29 is 37.8 Å². The summed E-state index contributed by atoms with van der Waals surface area (Å²) in [6, 6.07) is 17.7. The molecular formula is C25H19FO7. The van der Waals surface area contributed by atoms with Crippen molar-refractivity contribution in [1.29, 1.82) is 0 Å². The van der Waals surface area contributed by atoms with Crippen molar-refractivity contribution in [2.45, 2.75) is 25.2 Å². The first-order valence-corrected chi connectivity index (χ1v) is 10.1. The number of rotatable bonds is 8. The van der Waals surface area contributed by atoms with E-state index in [9.17, 15) is 23.9 Å². The van der Waals surface area contributed by atoms with Gasteiger partial charge in [-0.15, -0.1) is 0 Å². The van der Waals surface area contributed by atoms with Gasteiger partial charge in [-0.25, -0.2) is 9.18 Å². The first-order chi connectivity index (χ1) is 15.8. The van der Waals surface area contributed by atoms with E-state index in [0.29, 0.717) is 17.7 Å². The number of aliphatic carboxylic acids is 1. The van der Waals surface area contributed by atoms with Crippen LogP contribution in [0.5, 0.6) is 0 Å². The quantitative estimate of drug-likeness (QED) is 0.516. The molecule has 2 heterocycles. The summed E-state index contributed by atoms with van der Waals surface area (Å²) in [4.78, 5) is 37.2. The molecule has 0 amide bonds. The lowest BCUT2D eigenvalue weighted by atomic mass is 9.99. The van der Waals surface area contributed by atoms with E-state index < -0.39 is 35.5 Å². The van der Waals surface area contributed by atoms with Crippen LogP contribution in [0.3, 0.4) is 0 Å². The molecule has 0 spiro atoms. The summed E-state index contributed by atoms with van der Waals surface area (Å²) in [6.45, 7) is -0.101. The molecule has 1 aliphatic rings. The fourth-order valence-corrected chi connectivity index (χ4v) is 3.41. The SMILES string of the molecule is O=C1C=C(C(=O)O)OC(OCc2ccccc2)(C(=O)c2ccc(Cc3ccc(F)cc3)o2)C1. The maximum absolute atomic E-state index is 13.4. The molecule has 0 aliphatic carbocycles. The molecule has 0 fully saturated rings. The molecule has 0 saturated carbocycles. The van der Waals surface area contributed by atoms with Crippen molar-refractivity contribution in [1.82, 2.24) is 0 Å². The summed E-state index contributed by atoms with van der Waals surface area (Å²) >= 11 is 0. The van der Waals surface area contributed by atoms with Gasteiger partial charge in [-0.1, -0.05) is 42.5 Å². The molecule has 3 aromatic rings. The molecule has 0 saturated heterocycles. The number of hydrogen-bond acceptors (Lipinski definition) is 6. The molecule has 7 nitrogen and oxygen atoms in total. The summed E-state index contributed by atoms with van der Waals surface area (Å²) in [6.07, 6.45) is 0.608. The molecule has 1 aromatic heterocycles. The minimum Gasteiger partial charge on any atom is -0.475 e. The maximum Gasteiger partial charge on any atom is 0.371 e. The number of carbonyl (C=O) groups excluding carboxylic acids is 2. The van der Waals surface area contributed by atoms with Crippen LogP contribution >= 0.6 is 0 Å². The smallest absolute Gasteiger partial charge is 0.371 e. The number of hydrogen-bond donors (Lipinski definition) is 1. The number of carbonyl (C=O) groups is 3. The zero-order valence-electron chi connectivity index (χ0n) is 17.3.